The maximum Gasteiger partial charge on any atom is 0.261 e. The third-order valence-electron chi connectivity index (χ3n) is 4.51. The highest BCUT2D eigenvalue weighted by molar-refractivity contribution is 7.98. The quantitative estimate of drug-likeness (QED) is 0.596. The molecular formula is C20H25N3O2S. The highest BCUT2D eigenvalue weighted by atomic mass is 32.2. The standard InChI is InChI=1S/C20H25N3O2S/c1-4-22-10-16-19(21)17(11-23(2)20(16)24)15-9-14(26-3)7-8-18(15)25-12-13-5-6-13/h7-11,13H,4-6,12,21H2,1-3H3. The van der Waals surface area contributed by atoms with E-state index in [1.165, 1.54) is 12.8 Å². The van der Waals surface area contributed by atoms with Crippen molar-refractivity contribution in [1.29, 1.82) is 0 Å². The van der Waals surface area contributed by atoms with Gasteiger partial charge in [0.15, 0.2) is 0 Å². The summed E-state index contributed by atoms with van der Waals surface area (Å²) < 4.78 is 7.63. The summed E-state index contributed by atoms with van der Waals surface area (Å²) in [6, 6.07) is 6.12. The van der Waals surface area contributed by atoms with E-state index < -0.39 is 0 Å². The minimum atomic E-state index is -0.148. The van der Waals surface area contributed by atoms with Gasteiger partial charge in [0.25, 0.3) is 5.56 Å². The molecular weight excluding hydrogens is 346 g/mol. The summed E-state index contributed by atoms with van der Waals surface area (Å²) in [5.41, 5.74) is 8.82. The summed E-state index contributed by atoms with van der Waals surface area (Å²) in [4.78, 5) is 17.8. The van der Waals surface area contributed by atoms with Gasteiger partial charge in [0.05, 0.1) is 17.9 Å². The van der Waals surface area contributed by atoms with Crippen LogP contribution in [0.5, 0.6) is 5.75 Å². The Morgan fingerprint density at radius 2 is 2.15 bits per heavy atom. The minimum Gasteiger partial charge on any atom is -0.493 e. The van der Waals surface area contributed by atoms with E-state index in [1.807, 2.05) is 25.3 Å². The van der Waals surface area contributed by atoms with Crippen molar-refractivity contribution in [3.8, 4) is 16.9 Å². The fourth-order valence-electron chi connectivity index (χ4n) is 2.76. The Hall–Kier alpha value is -2.21. The maximum atomic E-state index is 12.5. The van der Waals surface area contributed by atoms with Gasteiger partial charge in [0.1, 0.15) is 5.75 Å². The Morgan fingerprint density at radius 1 is 1.38 bits per heavy atom. The topological polar surface area (TPSA) is 69.6 Å². The first-order valence-corrected chi connectivity index (χ1v) is 10.1. The van der Waals surface area contributed by atoms with Gasteiger partial charge in [-0.3, -0.25) is 9.79 Å². The van der Waals surface area contributed by atoms with E-state index in [9.17, 15) is 4.79 Å². The first-order chi connectivity index (χ1) is 12.5. The highest BCUT2D eigenvalue weighted by Gasteiger charge is 2.23. The molecule has 2 N–H and O–H groups in total. The van der Waals surface area contributed by atoms with Crippen molar-refractivity contribution in [2.45, 2.75) is 24.7 Å². The summed E-state index contributed by atoms with van der Waals surface area (Å²) in [5, 5.41) is 0. The number of ether oxygens (including phenoxy) is 1. The zero-order valence-corrected chi connectivity index (χ0v) is 16.3. The summed E-state index contributed by atoms with van der Waals surface area (Å²) in [6.45, 7) is 3.25. The van der Waals surface area contributed by atoms with Crippen molar-refractivity contribution < 1.29 is 4.74 Å². The largest absolute Gasteiger partial charge is 0.493 e. The summed E-state index contributed by atoms with van der Waals surface area (Å²) in [5.74, 6) is 1.46. The Kier molecular flexibility index (Phi) is 5.71. The summed E-state index contributed by atoms with van der Waals surface area (Å²) in [7, 11) is 1.73. The fourth-order valence-corrected chi connectivity index (χ4v) is 3.20. The van der Waals surface area contributed by atoms with Crippen LogP contribution in [0.3, 0.4) is 0 Å². The second kappa shape index (κ2) is 7.99. The molecule has 1 aromatic heterocycles. The molecule has 2 aromatic rings. The van der Waals surface area contributed by atoms with E-state index in [4.69, 9.17) is 10.5 Å². The van der Waals surface area contributed by atoms with Crippen LogP contribution in [0, 0.1) is 5.92 Å². The number of hydrogen-bond donors (Lipinski definition) is 1. The van der Waals surface area contributed by atoms with Gasteiger partial charge in [0.2, 0.25) is 0 Å². The lowest BCUT2D eigenvalue weighted by Crippen LogP contribution is -2.23. The van der Waals surface area contributed by atoms with Crippen LogP contribution < -0.4 is 16.0 Å². The van der Waals surface area contributed by atoms with Crippen LogP contribution in [0.25, 0.3) is 11.1 Å². The molecule has 0 aliphatic heterocycles. The van der Waals surface area contributed by atoms with Crippen molar-refractivity contribution in [3.63, 3.8) is 0 Å². The highest BCUT2D eigenvalue weighted by Crippen LogP contribution is 2.38. The number of benzene rings is 1. The number of hydrogen-bond acceptors (Lipinski definition) is 5. The molecule has 0 unspecified atom stereocenters. The molecule has 0 atom stereocenters. The van der Waals surface area contributed by atoms with Crippen molar-refractivity contribution in [1.82, 2.24) is 4.57 Å². The molecule has 138 valence electrons. The number of pyridine rings is 1. The Labute approximate surface area is 158 Å². The lowest BCUT2D eigenvalue weighted by atomic mass is 10.0. The van der Waals surface area contributed by atoms with Crippen molar-refractivity contribution in [2.75, 3.05) is 25.1 Å². The summed E-state index contributed by atoms with van der Waals surface area (Å²) >= 11 is 1.66. The molecule has 0 bridgehead atoms. The zero-order chi connectivity index (χ0) is 18.7. The molecule has 1 aliphatic rings. The molecule has 5 nitrogen and oxygen atoms in total. The fraction of sp³-hybridized carbons (Fsp3) is 0.400. The molecule has 6 heteroatoms. The van der Waals surface area contributed by atoms with E-state index in [0.29, 0.717) is 23.7 Å². The molecule has 0 amide bonds. The van der Waals surface area contributed by atoms with Gasteiger partial charge in [-0.25, -0.2) is 0 Å². The first-order valence-electron chi connectivity index (χ1n) is 8.85. The molecule has 26 heavy (non-hydrogen) atoms. The molecule has 0 spiro atoms. The number of aliphatic imine (C=N–C) groups is 1. The molecule has 3 rings (SSSR count). The number of nitrogens with two attached hydrogens (primary N) is 1. The van der Waals surface area contributed by atoms with Gasteiger partial charge in [0, 0.05) is 42.0 Å². The third-order valence-corrected chi connectivity index (χ3v) is 5.23. The van der Waals surface area contributed by atoms with E-state index >= 15 is 0 Å². The van der Waals surface area contributed by atoms with Crippen molar-refractivity contribution >= 4 is 23.7 Å². The van der Waals surface area contributed by atoms with Gasteiger partial charge in [-0.05, 0) is 50.1 Å². The second-order valence-corrected chi connectivity index (χ2v) is 7.41. The lowest BCUT2D eigenvalue weighted by molar-refractivity contribution is 0.301. The van der Waals surface area contributed by atoms with Gasteiger partial charge >= 0.3 is 0 Å². The molecule has 0 saturated heterocycles. The molecule has 1 aromatic carbocycles. The number of rotatable bonds is 7. The Morgan fingerprint density at radius 3 is 2.81 bits per heavy atom. The zero-order valence-electron chi connectivity index (χ0n) is 15.5. The van der Waals surface area contributed by atoms with E-state index in [1.54, 1.807) is 35.8 Å². The molecule has 1 saturated carbocycles. The van der Waals surface area contributed by atoms with Gasteiger partial charge in [-0.2, -0.15) is 0 Å². The third kappa shape index (κ3) is 3.96. The van der Waals surface area contributed by atoms with Crippen LogP contribution in [-0.4, -0.2) is 30.2 Å². The number of anilines is 1. The van der Waals surface area contributed by atoms with Crippen LogP contribution in [0.4, 0.5) is 5.69 Å². The monoisotopic (exact) mass is 371 g/mol. The minimum absolute atomic E-state index is 0.148. The smallest absolute Gasteiger partial charge is 0.261 e. The molecule has 0 radical (unpaired) electrons. The Balaban J connectivity index is 2.13. The van der Waals surface area contributed by atoms with Crippen LogP contribution in [0.2, 0.25) is 0 Å². The van der Waals surface area contributed by atoms with Crippen LogP contribution in [-0.2, 0) is 7.05 Å². The SMILES string of the molecule is CCN=Cc1c(N)c(-c2cc(SC)ccc2OCC2CC2)cn(C)c1=O. The number of aryl methyl sites for hydroxylation is 1. The van der Waals surface area contributed by atoms with Crippen molar-refractivity contribution in [3.05, 3.63) is 40.3 Å². The summed E-state index contributed by atoms with van der Waals surface area (Å²) in [6.07, 6.45) is 7.86. The van der Waals surface area contributed by atoms with Crippen LogP contribution in [0.15, 0.2) is 39.1 Å². The number of nitrogens with zero attached hydrogens (tertiary/aromatic N) is 2. The van der Waals surface area contributed by atoms with E-state index in [2.05, 4.69) is 11.1 Å². The van der Waals surface area contributed by atoms with Gasteiger partial charge in [-0.15, -0.1) is 11.8 Å². The van der Waals surface area contributed by atoms with E-state index in [-0.39, 0.29) is 5.56 Å². The average Bonchev–Trinajstić information content (AvgIpc) is 3.47. The van der Waals surface area contributed by atoms with Crippen molar-refractivity contribution in [2.24, 2.45) is 18.0 Å². The number of aromatic nitrogens is 1. The lowest BCUT2D eigenvalue weighted by Gasteiger charge is -2.16. The number of nitrogen functional groups attached to an aromatic ring is 1. The van der Waals surface area contributed by atoms with Gasteiger partial charge < -0.3 is 15.0 Å². The van der Waals surface area contributed by atoms with Crippen LogP contribution in [0.1, 0.15) is 25.3 Å². The normalized spacial score (nSPS) is 14.1. The molecule has 1 heterocycles. The number of thioether (sulfide) groups is 1. The predicted octanol–water partition coefficient (Wildman–Crippen LogP) is 3.58. The maximum absolute atomic E-state index is 12.5. The average molecular weight is 372 g/mol. The van der Waals surface area contributed by atoms with E-state index in [0.717, 1.165) is 28.4 Å². The molecule has 1 fully saturated rings. The predicted molar refractivity (Wildman–Crippen MR) is 110 cm³/mol. The molecule has 1 aliphatic carbocycles. The van der Waals surface area contributed by atoms with Gasteiger partial charge in [-0.1, -0.05) is 0 Å². The second-order valence-electron chi connectivity index (χ2n) is 6.53. The first kappa shape index (κ1) is 18.6. The Bertz CT molecular complexity index is 885. The van der Waals surface area contributed by atoms with Crippen LogP contribution >= 0.6 is 11.8 Å².